The van der Waals surface area contributed by atoms with Gasteiger partial charge in [-0.05, 0) is 50.4 Å². The van der Waals surface area contributed by atoms with Crippen molar-refractivity contribution in [1.29, 1.82) is 0 Å². The summed E-state index contributed by atoms with van der Waals surface area (Å²) in [5, 5.41) is 44.9. The van der Waals surface area contributed by atoms with Crippen LogP contribution in [0, 0.1) is 0 Å². The monoisotopic (exact) mass is 497 g/mol. The summed E-state index contributed by atoms with van der Waals surface area (Å²) < 4.78 is 0. The summed E-state index contributed by atoms with van der Waals surface area (Å²) in [5.41, 5.74) is 11.6. The number of benzene rings is 1. The maximum atomic E-state index is 12.9. The van der Waals surface area contributed by atoms with E-state index in [0.29, 0.717) is 24.9 Å². The Morgan fingerprint density at radius 3 is 1.97 bits per heavy atom. The minimum Gasteiger partial charge on any atom is -0.508 e. The number of hydrogen-bond acceptors (Lipinski definition) is 9. The van der Waals surface area contributed by atoms with Crippen molar-refractivity contribution in [2.45, 2.75) is 62.9 Å². The lowest BCUT2D eigenvalue weighted by Gasteiger charge is -2.25. The van der Waals surface area contributed by atoms with E-state index < -0.39 is 60.6 Å². The maximum Gasteiger partial charge on any atom is 0.326 e. The van der Waals surface area contributed by atoms with Crippen LogP contribution in [0.2, 0.25) is 0 Å². The average Bonchev–Trinajstić information content (AvgIpc) is 2.81. The second-order valence-electron chi connectivity index (χ2n) is 8.13. The molecule has 13 heteroatoms. The first-order valence-corrected chi connectivity index (χ1v) is 11.2. The Kier molecular flexibility index (Phi) is 12.7. The third-order valence-electron chi connectivity index (χ3n) is 5.21. The second-order valence-corrected chi connectivity index (χ2v) is 8.13. The highest BCUT2D eigenvalue weighted by atomic mass is 16.4. The number of amides is 3. The van der Waals surface area contributed by atoms with E-state index in [9.17, 15) is 39.6 Å². The van der Waals surface area contributed by atoms with Gasteiger partial charge in [-0.3, -0.25) is 14.4 Å². The highest BCUT2D eigenvalue weighted by Gasteiger charge is 2.30. The van der Waals surface area contributed by atoms with E-state index in [1.807, 2.05) is 0 Å². The first-order valence-electron chi connectivity index (χ1n) is 11.2. The molecule has 196 valence electrons. The van der Waals surface area contributed by atoms with E-state index in [1.165, 1.54) is 31.2 Å². The van der Waals surface area contributed by atoms with Crippen molar-refractivity contribution in [2.24, 2.45) is 11.5 Å². The number of aliphatic hydroxyl groups excluding tert-OH is 2. The normalized spacial score (nSPS) is 15.2. The van der Waals surface area contributed by atoms with Crippen molar-refractivity contribution in [3.05, 3.63) is 29.8 Å². The van der Waals surface area contributed by atoms with Crippen LogP contribution in [0.25, 0.3) is 0 Å². The van der Waals surface area contributed by atoms with E-state index >= 15 is 0 Å². The number of aliphatic carboxylic acids is 1. The van der Waals surface area contributed by atoms with Gasteiger partial charge in [0, 0.05) is 6.42 Å². The highest BCUT2D eigenvalue weighted by molar-refractivity contribution is 5.94. The van der Waals surface area contributed by atoms with Gasteiger partial charge in [0.25, 0.3) is 0 Å². The molecule has 1 rings (SSSR count). The molecule has 35 heavy (non-hydrogen) atoms. The number of carboxylic acid groups (broad SMARTS) is 1. The zero-order valence-electron chi connectivity index (χ0n) is 19.5. The molecule has 1 aromatic rings. The lowest BCUT2D eigenvalue weighted by atomic mass is 10.0. The van der Waals surface area contributed by atoms with Gasteiger partial charge in [-0.2, -0.15) is 0 Å². The van der Waals surface area contributed by atoms with Crippen molar-refractivity contribution < 1.29 is 39.6 Å². The summed E-state index contributed by atoms with van der Waals surface area (Å²) in [6.07, 6.45) is -0.169. The number of carboxylic acids is 1. The molecule has 0 fully saturated rings. The predicted octanol–water partition coefficient (Wildman–Crippen LogP) is -2.70. The number of aromatic hydroxyl groups is 1. The van der Waals surface area contributed by atoms with Crippen LogP contribution in [-0.2, 0) is 25.6 Å². The molecule has 0 aliphatic rings. The van der Waals surface area contributed by atoms with Crippen LogP contribution >= 0.6 is 0 Å². The topological polar surface area (TPSA) is 237 Å². The smallest absolute Gasteiger partial charge is 0.326 e. The minimum absolute atomic E-state index is 0.00673. The van der Waals surface area contributed by atoms with E-state index in [1.54, 1.807) is 0 Å². The molecule has 5 atom stereocenters. The zero-order valence-corrected chi connectivity index (χ0v) is 19.5. The number of hydrogen-bond donors (Lipinski definition) is 9. The van der Waals surface area contributed by atoms with Gasteiger partial charge in [-0.15, -0.1) is 0 Å². The molecule has 5 unspecified atom stereocenters. The summed E-state index contributed by atoms with van der Waals surface area (Å²) in [7, 11) is 0. The molecule has 0 saturated heterocycles. The predicted molar refractivity (Wildman–Crippen MR) is 125 cm³/mol. The van der Waals surface area contributed by atoms with Gasteiger partial charge in [-0.1, -0.05) is 12.1 Å². The molecular formula is C22H35N5O8. The molecule has 11 N–H and O–H groups in total. The molecule has 0 radical (unpaired) electrons. The third kappa shape index (κ3) is 10.3. The van der Waals surface area contributed by atoms with Crippen LogP contribution in [-0.4, -0.2) is 87.5 Å². The van der Waals surface area contributed by atoms with E-state index in [0.717, 1.165) is 0 Å². The van der Waals surface area contributed by atoms with E-state index in [-0.39, 0.29) is 18.6 Å². The number of nitrogens with two attached hydrogens (primary N) is 2. The van der Waals surface area contributed by atoms with Crippen molar-refractivity contribution in [3.8, 4) is 5.75 Å². The Labute approximate surface area is 202 Å². The van der Waals surface area contributed by atoms with Crippen molar-refractivity contribution in [1.82, 2.24) is 16.0 Å². The number of rotatable bonds is 15. The Morgan fingerprint density at radius 1 is 0.914 bits per heavy atom. The van der Waals surface area contributed by atoms with Crippen molar-refractivity contribution in [3.63, 3.8) is 0 Å². The van der Waals surface area contributed by atoms with Crippen LogP contribution in [0.5, 0.6) is 5.75 Å². The zero-order chi connectivity index (χ0) is 26.5. The molecule has 0 spiro atoms. The summed E-state index contributed by atoms with van der Waals surface area (Å²) in [6.45, 7) is 0.820. The number of carbonyl (C=O) groups excluding carboxylic acids is 3. The van der Waals surface area contributed by atoms with Gasteiger partial charge in [0.15, 0.2) is 0 Å². The Morgan fingerprint density at radius 2 is 1.46 bits per heavy atom. The highest BCUT2D eigenvalue weighted by Crippen LogP contribution is 2.12. The summed E-state index contributed by atoms with van der Waals surface area (Å²) in [5.74, 6) is -3.83. The largest absolute Gasteiger partial charge is 0.508 e. The van der Waals surface area contributed by atoms with Gasteiger partial charge in [0.2, 0.25) is 17.7 Å². The quantitative estimate of drug-likeness (QED) is 0.114. The molecule has 0 bridgehead atoms. The van der Waals surface area contributed by atoms with Crippen LogP contribution in [0.3, 0.4) is 0 Å². The molecule has 1 aromatic carbocycles. The summed E-state index contributed by atoms with van der Waals surface area (Å²) in [4.78, 5) is 49.3. The lowest BCUT2D eigenvalue weighted by molar-refractivity contribution is -0.142. The first-order chi connectivity index (χ1) is 16.5. The molecule has 0 saturated carbocycles. The van der Waals surface area contributed by atoms with Crippen molar-refractivity contribution in [2.75, 3.05) is 13.2 Å². The molecule has 0 aromatic heterocycles. The van der Waals surface area contributed by atoms with Gasteiger partial charge in [0.1, 0.15) is 29.9 Å². The lowest BCUT2D eigenvalue weighted by Crippen LogP contribution is -2.59. The van der Waals surface area contributed by atoms with Gasteiger partial charge >= 0.3 is 5.97 Å². The molecule has 3 amide bonds. The minimum atomic E-state index is -1.45. The number of unbranched alkanes of at least 4 members (excludes halogenated alkanes) is 1. The Hall–Kier alpha value is -3.26. The fourth-order valence-electron chi connectivity index (χ4n) is 3.06. The van der Waals surface area contributed by atoms with Crippen LogP contribution in [0.1, 0.15) is 31.7 Å². The fourth-order valence-corrected chi connectivity index (χ4v) is 3.06. The number of aliphatic hydroxyl groups is 2. The molecule has 0 aliphatic carbocycles. The van der Waals surface area contributed by atoms with E-state index in [4.69, 9.17) is 11.5 Å². The number of carbonyl (C=O) groups is 4. The van der Waals surface area contributed by atoms with E-state index in [2.05, 4.69) is 16.0 Å². The van der Waals surface area contributed by atoms with Crippen LogP contribution < -0.4 is 27.4 Å². The number of phenolic OH excluding ortho intramolecular Hbond substituents is 1. The summed E-state index contributed by atoms with van der Waals surface area (Å²) >= 11 is 0. The Bertz CT molecular complexity index is 849. The van der Waals surface area contributed by atoms with Crippen LogP contribution in [0.4, 0.5) is 0 Å². The first kappa shape index (κ1) is 29.8. The standard InChI is InChI=1S/C22H35N5O8/c1-12(29)18(24)21(33)27-17(11-28)20(32)25-15(4-2-3-9-23)19(31)26-16(22(34)35)10-13-5-7-14(30)8-6-13/h5-8,12,15-18,28-30H,2-4,9-11,23-24H2,1H3,(H,25,32)(H,26,31)(H,27,33)(H,34,35). The van der Waals surface area contributed by atoms with Crippen LogP contribution in [0.15, 0.2) is 24.3 Å². The summed E-state index contributed by atoms with van der Waals surface area (Å²) in [6, 6.07) is 0.526. The van der Waals surface area contributed by atoms with Gasteiger partial charge in [-0.25, -0.2) is 4.79 Å². The molecule has 13 nitrogen and oxygen atoms in total. The van der Waals surface area contributed by atoms with Gasteiger partial charge < -0.3 is 47.8 Å². The SMILES string of the molecule is CC(O)C(N)C(=O)NC(CO)C(=O)NC(CCCCN)C(=O)NC(Cc1ccc(O)cc1)C(=O)O. The van der Waals surface area contributed by atoms with Crippen molar-refractivity contribution >= 4 is 23.7 Å². The molecule has 0 heterocycles. The van der Waals surface area contributed by atoms with Gasteiger partial charge in [0.05, 0.1) is 12.7 Å². The second kappa shape index (κ2) is 14.9. The number of nitrogens with one attached hydrogen (secondary N) is 3. The Balaban J connectivity index is 2.93. The fraction of sp³-hybridized carbons (Fsp3) is 0.545. The molecule has 0 aliphatic heterocycles. The third-order valence-corrected chi connectivity index (χ3v) is 5.21. The number of phenols is 1. The molecular weight excluding hydrogens is 462 g/mol. The average molecular weight is 498 g/mol. The maximum absolute atomic E-state index is 12.9.